The zero-order valence-corrected chi connectivity index (χ0v) is 11.6. The number of rotatable bonds is 4. The van der Waals surface area contributed by atoms with Crippen molar-refractivity contribution in [1.82, 2.24) is 9.62 Å². The molecule has 1 aromatic rings. The lowest BCUT2D eigenvalue weighted by Gasteiger charge is -2.13. The number of sulfonamides is 1. The van der Waals surface area contributed by atoms with Gasteiger partial charge >= 0.3 is 0 Å². The number of likely N-dealkylation sites (tertiary alicyclic amines) is 1. The molecule has 2 rings (SSSR count). The van der Waals surface area contributed by atoms with Crippen molar-refractivity contribution in [3.8, 4) is 0 Å². The fraction of sp³-hybridized carbons (Fsp3) is 0.500. The van der Waals surface area contributed by atoms with E-state index in [2.05, 4.69) is 9.62 Å². The Hall–Kier alpha value is -1.18. The Morgan fingerprint density at radius 2 is 2.26 bits per heavy atom. The number of halogens is 1. The summed E-state index contributed by atoms with van der Waals surface area (Å²) in [5.74, 6) is -0.240. The van der Waals surface area contributed by atoms with Crippen molar-refractivity contribution in [2.24, 2.45) is 5.92 Å². The monoisotopic (exact) mass is 287 g/mol. The maximum Gasteiger partial charge on any atom is 0.242 e. The molecule has 1 unspecified atom stereocenters. The molecule has 0 spiro atoms. The molecule has 1 aromatic carbocycles. The van der Waals surface area contributed by atoms with Gasteiger partial charge in [0, 0.05) is 13.1 Å². The Morgan fingerprint density at radius 1 is 1.53 bits per heavy atom. The molecule has 5 nitrogen and oxygen atoms in total. The smallest absolute Gasteiger partial charge is 0.242 e. The lowest BCUT2D eigenvalue weighted by Crippen LogP contribution is -2.31. The Bertz CT molecular complexity index is 562. The van der Waals surface area contributed by atoms with Crippen LogP contribution in [0.25, 0.3) is 0 Å². The summed E-state index contributed by atoms with van der Waals surface area (Å²) in [6, 6.07) is 3.29. The second-order valence-electron chi connectivity index (χ2n) is 4.95. The molecule has 106 valence electrons. The lowest BCUT2D eigenvalue weighted by molar-refractivity contribution is 0.394. The topological polar surface area (TPSA) is 75.4 Å². The second-order valence-corrected chi connectivity index (χ2v) is 6.69. The van der Waals surface area contributed by atoms with Gasteiger partial charge in [0.15, 0.2) is 0 Å². The first-order valence-electron chi connectivity index (χ1n) is 6.12. The molecule has 19 heavy (non-hydrogen) atoms. The van der Waals surface area contributed by atoms with Crippen LogP contribution in [-0.4, -0.2) is 40.0 Å². The Morgan fingerprint density at radius 3 is 2.84 bits per heavy atom. The van der Waals surface area contributed by atoms with Gasteiger partial charge in [-0.05, 0) is 44.1 Å². The van der Waals surface area contributed by atoms with E-state index in [1.165, 1.54) is 6.07 Å². The van der Waals surface area contributed by atoms with Crippen molar-refractivity contribution >= 4 is 15.7 Å². The quantitative estimate of drug-likeness (QED) is 0.797. The molecule has 0 radical (unpaired) electrons. The van der Waals surface area contributed by atoms with Gasteiger partial charge in [-0.15, -0.1) is 0 Å². The number of hydrogen-bond donors (Lipinski definition) is 2. The molecule has 1 atom stereocenters. The van der Waals surface area contributed by atoms with Crippen LogP contribution in [-0.2, 0) is 10.0 Å². The van der Waals surface area contributed by atoms with Crippen LogP contribution < -0.4 is 10.5 Å². The minimum absolute atomic E-state index is 0.0692. The number of anilines is 1. The summed E-state index contributed by atoms with van der Waals surface area (Å²) in [6.07, 6.45) is 0.970. The molecule has 1 fully saturated rings. The average molecular weight is 287 g/mol. The molecular formula is C12H18FN3O2S. The summed E-state index contributed by atoms with van der Waals surface area (Å²) in [5.41, 5.74) is 5.47. The van der Waals surface area contributed by atoms with E-state index in [0.29, 0.717) is 12.5 Å². The number of nitrogens with two attached hydrogens (primary N) is 1. The molecule has 0 bridgehead atoms. The van der Waals surface area contributed by atoms with Gasteiger partial charge in [0.25, 0.3) is 0 Å². The molecular weight excluding hydrogens is 269 g/mol. The normalized spacial score (nSPS) is 20.8. The first-order chi connectivity index (χ1) is 8.88. The summed E-state index contributed by atoms with van der Waals surface area (Å²) in [4.78, 5) is 2.09. The van der Waals surface area contributed by atoms with Crippen molar-refractivity contribution in [3.05, 3.63) is 24.0 Å². The highest BCUT2D eigenvalue weighted by atomic mass is 32.2. The molecule has 1 aliphatic heterocycles. The number of nitrogens with one attached hydrogen (secondary N) is 1. The molecule has 0 aliphatic carbocycles. The van der Waals surface area contributed by atoms with Gasteiger partial charge in [0.05, 0.1) is 5.69 Å². The second kappa shape index (κ2) is 5.44. The predicted molar refractivity (Wildman–Crippen MR) is 71.6 cm³/mol. The summed E-state index contributed by atoms with van der Waals surface area (Å²) >= 11 is 0. The van der Waals surface area contributed by atoms with E-state index in [1.807, 2.05) is 7.05 Å². The fourth-order valence-electron chi connectivity index (χ4n) is 2.26. The van der Waals surface area contributed by atoms with E-state index in [1.54, 1.807) is 0 Å². The first-order valence-corrected chi connectivity index (χ1v) is 7.60. The summed E-state index contributed by atoms with van der Waals surface area (Å²) in [7, 11) is -1.67. The number of nitrogens with zero attached hydrogens (tertiary/aromatic N) is 1. The van der Waals surface area contributed by atoms with Crippen LogP contribution in [0.15, 0.2) is 23.1 Å². The maximum absolute atomic E-state index is 12.9. The SMILES string of the molecule is CN1CCC(CNS(=O)(=O)c2ccc(F)cc2N)C1. The largest absolute Gasteiger partial charge is 0.398 e. The highest BCUT2D eigenvalue weighted by molar-refractivity contribution is 7.89. The zero-order chi connectivity index (χ0) is 14.0. The Kier molecular flexibility index (Phi) is 4.07. The van der Waals surface area contributed by atoms with Crippen LogP contribution in [0.5, 0.6) is 0 Å². The van der Waals surface area contributed by atoms with Gasteiger partial charge in [-0.25, -0.2) is 17.5 Å². The van der Waals surface area contributed by atoms with Gasteiger partial charge in [0.1, 0.15) is 10.7 Å². The van der Waals surface area contributed by atoms with Crippen LogP contribution in [0.4, 0.5) is 10.1 Å². The van der Waals surface area contributed by atoms with E-state index in [4.69, 9.17) is 5.73 Å². The summed E-state index contributed by atoms with van der Waals surface area (Å²) < 4.78 is 39.6. The van der Waals surface area contributed by atoms with E-state index in [0.717, 1.165) is 31.6 Å². The van der Waals surface area contributed by atoms with Crippen molar-refractivity contribution in [3.63, 3.8) is 0 Å². The maximum atomic E-state index is 12.9. The first kappa shape index (κ1) is 14.2. The molecule has 0 saturated carbocycles. The third-order valence-corrected chi connectivity index (χ3v) is 4.81. The number of nitrogen functional groups attached to an aromatic ring is 1. The van der Waals surface area contributed by atoms with E-state index in [-0.39, 0.29) is 10.6 Å². The molecule has 1 saturated heterocycles. The van der Waals surface area contributed by atoms with E-state index in [9.17, 15) is 12.8 Å². The highest BCUT2D eigenvalue weighted by Crippen LogP contribution is 2.20. The fourth-order valence-corrected chi connectivity index (χ4v) is 3.49. The minimum Gasteiger partial charge on any atom is -0.398 e. The number of hydrogen-bond acceptors (Lipinski definition) is 4. The molecule has 0 amide bonds. The average Bonchev–Trinajstić information content (AvgIpc) is 2.72. The highest BCUT2D eigenvalue weighted by Gasteiger charge is 2.23. The molecule has 0 aromatic heterocycles. The minimum atomic E-state index is -3.67. The van der Waals surface area contributed by atoms with E-state index >= 15 is 0 Å². The van der Waals surface area contributed by atoms with Crippen molar-refractivity contribution in [1.29, 1.82) is 0 Å². The third kappa shape index (κ3) is 3.43. The van der Waals surface area contributed by atoms with Crippen molar-refractivity contribution in [2.75, 3.05) is 32.4 Å². The van der Waals surface area contributed by atoms with Crippen LogP contribution in [0.3, 0.4) is 0 Å². The Balaban J connectivity index is 2.06. The van der Waals surface area contributed by atoms with Crippen molar-refractivity contribution in [2.45, 2.75) is 11.3 Å². The van der Waals surface area contributed by atoms with Gasteiger partial charge in [0.2, 0.25) is 10.0 Å². The van der Waals surface area contributed by atoms with Crippen LogP contribution >= 0.6 is 0 Å². The van der Waals surface area contributed by atoms with E-state index < -0.39 is 15.8 Å². The standard InChI is InChI=1S/C12H18FN3O2S/c1-16-5-4-9(8-16)7-15-19(17,18)12-3-2-10(13)6-11(12)14/h2-3,6,9,15H,4-5,7-8,14H2,1H3. The van der Waals surface area contributed by atoms with Gasteiger partial charge in [-0.1, -0.05) is 0 Å². The molecule has 1 aliphatic rings. The number of benzene rings is 1. The van der Waals surface area contributed by atoms with Crippen LogP contribution in [0.1, 0.15) is 6.42 Å². The lowest BCUT2D eigenvalue weighted by atomic mass is 10.1. The van der Waals surface area contributed by atoms with Gasteiger partial charge < -0.3 is 10.6 Å². The third-order valence-electron chi connectivity index (χ3n) is 3.31. The molecule has 1 heterocycles. The van der Waals surface area contributed by atoms with Gasteiger partial charge in [-0.2, -0.15) is 0 Å². The summed E-state index contributed by atoms with van der Waals surface area (Å²) in [6.45, 7) is 2.23. The van der Waals surface area contributed by atoms with Crippen molar-refractivity contribution < 1.29 is 12.8 Å². The summed E-state index contributed by atoms with van der Waals surface area (Å²) in [5, 5.41) is 0. The Labute approximate surface area is 112 Å². The zero-order valence-electron chi connectivity index (χ0n) is 10.8. The molecule has 7 heteroatoms. The van der Waals surface area contributed by atoms with Crippen LogP contribution in [0.2, 0.25) is 0 Å². The van der Waals surface area contributed by atoms with Crippen LogP contribution in [0, 0.1) is 11.7 Å². The van der Waals surface area contributed by atoms with Gasteiger partial charge in [-0.3, -0.25) is 0 Å². The molecule has 3 N–H and O–H groups in total. The predicted octanol–water partition coefficient (Wildman–Crippen LogP) is 0.638.